The molecule has 0 saturated heterocycles. The van der Waals surface area contributed by atoms with Crippen molar-refractivity contribution in [2.75, 3.05) is 0 Å². The van der Waals surface area contributed by atoms with Crippen molar-refractivity contribution in [2.24, 2.45) is 17.6 Å². The van der Waals surface area contributed by atoms with Crippen LogP contribution in [-0.4, -0.2) is 0 Å². The first kappa shape index (κ1) is 14.6. The zero-order chi connectivity index (χ0) is 13.1. The second-order valence-corrected chi connectivity index (χ2v) is 6.91. The lowest BCUT2D eigenvalue weighted by atomic mass is 9.73. The highest BCUT2D eigenvalue weighted by Gasteiger charge is 2.30. The van der Waals surface area contributed by atoms with E-state index in [2.05, 4.69) is 41.6 Å². The molecule has 1 saturated carbocycles. The lowest BCUT2D eigenvalue weighted by Gasteiger charge is -2.35. The molecule has 0 amide bonds. The third kappa shape index (κ3) is 3.20. The average Bonchev–Trinajstić information content (AvgIpc) is 2.40. The van der Waals surface area contributed by atoms with E-state index in [0.29, 0.717) is 5.92 Å². The van der Waals surface area contributed by atoms with Gasteiger partial charge in [0.25, 0.3) is 0 Å². The summed E-state index contributed by atoms with van der Waals surface area (Å²) in [4.78, 5) is 0. The highest BCUT2D eigenvalue weighted by atomic mass is 127. The minimum atomic E-state index is 0.140. The van der Waals surface area contributed by atoms with Crippen LogP contribution in [0.5, 0.6) is 0 Å². The molecule has 1 aromatic carbocycles. The lowest BCUT2D eigenvalue weighted by molar-refractivity contribution is 0.196. The summed E-state index contributed by atoms with van der Waals surface area (Å²) in [6, 6.07) is 6.20. The Morgan fingerprint density at radius 3 is 2.83 bits per heavy atom. The second kappa shape index (κ2) is 6.58. The number of hydrogen-bond acceptors (Lipinski definition) is 1. The SMILES string of the molecule is CCC1CCCCC1C(N)c1cc(Cl)ccc1I. The summed E-state index contributed by atoms with van der Waals surface area (Å²) < 4.78 is 1.24. The van der Waals surface area contributed by atoms with E-state index in [-0.39, 0.29) is 6.04 Å². The van der Waals surface area contributed by atoms with Crippen LogP contribution in [0.2, 0.25) is 5.02 Å². The first-order chi connectivity index (χ1) is 8.63. The van der Waals surface area contributed by atoms with E-state index in [1.54, 1.807) is 0 Å². The molecule has 3 unspecified atom stereocenters. The first-order valence-electron chi connectivity index (χ1n) is 6.84. The number of nitrogens with two attached hydrogens (primary N) is 1. The van der Waals surface area contributed by atoms with Crippen LogP contribution in [-0.2, 0) is 0 Å². The van der Waals surface area contributed by atoms with E-state index in [1.807, 2.05) is 6.07 Å². The molecule has 100 valence electrons. The van der Waals surface area contributed by atoms with Crippen molar-refractivity contribution < 1.29 is 0 Å². The highest BCUT2D eigenvalue weighted by Crippen LogP contribution is 2.40. The zero-order valence-corrected chi connectivity index (χ0v) is 13.7. The van der Waals surface area contributed by atoms with E-state index < -0.39 is 0 Å². The number of rotatable bonds is 3. The normalized spacial score (nSPS) is 26.0. The summed E-state index contributed by atoms with van der Waals surface area (Å²) >= 11 is 8.48. The molecule has 1 aromatic rings. The topological polar surface area (TPSA) is 26.0 Å². The first-order valence-corrected chi connectivity index (χ1v) is 8.29. The standard InChI is InChI=1S/C15H21ClIN/c1-2-10-5-3-4-6-12(10)15(18)13-9-11(16)7-8-14(13)17/h7-10,12,15H,2-6,18H2,1H3. The highest BCUT2D eigenvalue weighted by molar-refractivity contribution is 14.1. The minimum Gasteiger partial charge on any atom is -0.324 e. The Hall–Kier alpha value is 0.200. The molecule has 18 heavy (non-hydrogen) atoms. The van der Waals surface area contributed by atoms with Gasteiger partial charge in [-0.2, -0.15) is 0 Å². The molecular formula is C15H21ClIN. The van der Waals surface area contributed by atoms with Crippen molar-refractivity contribution in [1.82, 2.24) is 0 Å². The van der Waals surface area contributed by atoms with Crippen LogP contribution in [0.25, 0.3) is 0 Å². The van der Waals surface area contributed by atoms with E-state index in [1.165, 1.54) is 41.2 Å². The molecule has 3 heteroatoms. The Balaban J connectivity index is 2.23. The summed E-state index contributed by atoms with van der Waals surface area (Å²) in [7, 11) is 0. The molecule has 1 aliphatic carbocycles. The third-order valence-corrected chi connectivity index (χ3v) is 5.49. The van der Waals surface area contributed by atoms with Crippen LogP contribution in [0.3, 0.4) is 0 Å². The summed E-state index contributed by atoms with van der Waals surface area (Å²) in [5, 5.41) is 0.796. The van der Waals surface area contributed by atoms with Crippen molar-refractivity contribution in [1.29, 1.82) is 0 Å². The molecule has 2 N–H and O–H groups in total. The maximum absolute atomic E-state index is 6.54. The number of benzene rings is 1. The second-order valence-electron chi connectivity index (χ2n) is 5.31. The monoisotopic (exact) mass is 377 g/mol. The van der Waals surface area contributed by atoms with E-state index in [9.17, 15) is 0 Å². The van der Waals surface area contributed by atoms with Gasteiger partial charge >= 0.3 is 0 Å². The summed E-state index contributed by atoms with van der Waals surface area (Å²) in [6.45, 7) is 2.29. The Bertz CT molecular complexity index is 407. The van der Waals surface area contributed by atoms with Gasteiger partial charge in [-0.25, -0.2) is 0 Å². The van der Waals surface area contributed by atoms with Gasteiger partial charge in [0.05, 0.1) is 0 Å². The molecule has 1 aliphatic rings. The fourth-order valence-electron chi connectivity index (χ4n) is 3.22. The lowest BCUT2D eigenvalue weighted by Crippen LogP contribution is -2.30. The summed E-state index contributed by atoms with van der Waals surface area (Å²) in [5.74, 6) is 1.40. The van der Waals surface area contributed by atoms with Gasteiger partial charge in [-0.05, 0) is 64.6 Å². The average molecular weight is 378 g/mol. The predicted molar refractivity (Wildman–Crippen MR) is 86.8 cm³/mol. The van der Waals surface area contributed by atoms with Gasteiger partial charge in [0.1, 0.15) is 0 Å². The summed E-state index contributed by atoms with van der Waals surface area (Å²) in [6.07, 6.45) is 6.55. The van der Waals surface area contributed by atoms with E-state index in [0.717, 1.165) is 10.9 Å². The Morgan fingerprint density at radius 1 is 1.39 bits per heavy atom. The Labute approximate surface area is 129 Å². The van der Waals surface area contributed by atoms with Crippen LogP contribution in [0.1, 0.15) is 50.6 Å². The van der Waals surface area contributed by atoms with E-state index in [4.69, 9.17) is 17.3 Å². The molecular weight excluding hydrogens is 357 g/mol. The van der Waals surface area contributed by atoms with Crippen LogP contribution in [0.15, 0.2) is 18.2 Å². The molecule has 0 heterocycles. The van der Waals surface area contributed by atoms with Crippen LogP contribution < -0.4 is 5.73 Å². The molecule has 0 bridgehead atoms. The van der Waals surface area contributed by atoms with Gasteiger partial charge in [-0.1, -0.05) is 44.2 Å². The fourth-order valence-corrected chi connectivity index (χ4v) is 4.09. The Kier molecular flexibility index (Phi) is 5.34. The van der Waals surface area contributed by atoms with Crippen molar-refractivity contribution in [3.8, 4) is 0 Å². The van der Waals surface area contributed by atoms with Crippen LogP contribution in [0.4, 0.5) is 0 Å². The molecule has 1 nitrogen and oxygen atoms in total. The molecule has 1 fully saturated rings. The van der Waals surface area contributed by atoms with Crippen LogP contribution in [0, 0.1) is 15.4 Å². The molecule has 2 rings (SSSR count). The van der Waals surface area contributed by atoms with Crippen molar-refractivity contribution in [2.45, 2.75) is 45.1 Å². The van der Waals surface area contributed by atoms with Crippen molar-refractivity contribution in [3.63, 3.8) is 0 Å². The molecule has 0 radical (unpaired) electrons. The van der Waals surface area contributed by atoms with E-state index >= 15 is 0 Å². The fraction of sp³-hybridized carbons (Fsp3) is 0.600. The van der Waals surface area contributed by atoms with Gasteiger partial charge in [0.15, 0.2) is 0 Å². The van der Waals surface area contributed by atoms with Crippen LogP contribution >= 0.6 is 34.2 Å². The smallest absolute Gasteiger partial charge is 0.0410 e. The molecule has 0 aromatic heterocycles. The maximum atomic E-state index is 6.54. The van der Waals surface area contributed by atoms with Crippen molar-refractivity contribution in [3.05, 3.63) is 32.4 Å². The zero-order valence-electron chi connectivity index (χ0n) is 10.8. The van der Waals surface area contributed by atoms with Gasteiger partial charge in [0, 0.05) is 14.6 Å². The molecule has 0 aliphatic heterocycles. The number of hydrogen-bond donors (Lipinski definition) is 1. The van der Waals surface area contributed by atoms with Gasteiger partial charge in [-0.15, -0.1) is 0 Å². The van der Waals surface area contributed by atoms with Gasteiger partial charge in [0.2, 0.25) is 0 Å². The quantitative estimate of drug-likeness (QED) is 0.723. The minimum absolute atomic E-state index is 0.140. The van der Waals surface area contributed by atoms with Gasteiger partial charge in [-0.3, -0.25) is 0 Å². The predicted octanol–water partition coefficient (Wildman–Crippen LogP) is 5.16. The number of halogens is 2. The largest absolute Gasteiger partial charge is 0.324 e. The van der Waals surface area contributed by atoms with Crippen molar-refractivity contribution >= 4 is 34.2 Å². The third-order valence-electron chi connectivity index (χ3n) is 4.27. The maximum Gasteiger partial charge on any atom is 0.0410 e. The molecule has 0 spiro atoms. The summed E-state index contributed by atoms with van der Waals surface area (Å²) in [5.41, 5.74) is 7.77. The Morgan fingerprint density at radius 2 is 2.11 bits per heavy atom. The van der Waals surface area contributed by atoms with Gasteiger partial charge < -0.3 is 5.73 Å². The molecule has 3 atom stereocenters.